The first-order valence-corrected chi connectivity index (χ1v) is 5.79. The van der Waals surface area contributed by atoms with Gasteiger partial charge in [0.15, 0.2) is 0 Å². The van der Waals surface area contributed by atoms with Gasteiger partial charge < -0.3 is 16.4 Å². The van der Waals surface area contributed by atoms with E-state index in [4.69, 9.17) is 11.5 Å². The standard InChI is InChI=1S/C14H19N3/c1-17(2)14-8-7-11(13(16)9-15)10-5-3-4-6-12(10)14/h3-8,13H,9,15-16H2,1-2H3/t13-/m1/s1. The first-order chi connectivity index (χ1) is 8.15. The van der Waals surface area contributed by atoms with Crippen LogP contribution in [0, 0.1) is 0 Å². The lowest BCUT2D eigenvalue weighted by molar-refractivity contribution is 0.743. The Kier molecular flexibility index (Phi) is 3.31. The number of nitrogens with zero attached hydrogens (tertiary/aromatic N) is 1. The van der Waals surface area contributed by atoms with Gasteiger partial charge in [0.25, 0.3) is 0 Å². The van der Waals surface area contributed by atoms with E-state index in [1.807, 2.05) is 26.2 Å². The minimum Gasteiger partial charge on any atom is -0.377 e. The molecule has 3 nitrogen and oxygen atoms in total. The van der Waals surface area contributed by atoms with Crippen LogP contribution in [0.2, 0.25) is 0 Å². The normalized spacial score (nSPS) is 12.7. The second kappa shape index (κ2) is 4.73. The van der Waals surface area contributed by atoms with Crippen LogP contribution in [0.5, 0.6) is 0 Å². The lowest BCUT2D eigenvalue weighted by Gasteiger charge is -2.19. The van der Waals surface area contributed by atoms with E-state index >= 15 is 0 Å². The van der Waals surface area contributed by atoms with E-state index < -0.39 is 0 Å². The Morgan fingerprint density at radius 3 is 2.29 bits per heavy atom. The highest BCUT2D eigenvalue weighted by atomic mass is 15.1. The second-order valence-corrected chi connectivity index (χ2v) is 4.46. The molecule has 0 fully saturated rings. The highest BCUT2D eigenvalue weighted by molar-refractivity contribution is 5.96. The average molecular weight is 229 g/mol. The fraction of sp³-hybridized carbons (Fsp3) is 0.286. The topological polar surface area (TPSA) is 55.3 Å². The summed E-state index contributed by atoms with van der Waals surface area (Å²) in [6.45, 7) is 0.464. The Balaban J connectivity index is 2.70. The van der Waals surface area contributed by atoms with Crippen molar-refractivity contribution in [1.29, 1.82) is 0 Å². The molecule has 0 spiro atoms. The van der Waals surface area contributed by atoms with Crippen molar-refractivity contribution in [2.45, 2.75) is 6.04 Å². The largest absolute Gasteiger partial charge is 0.377 e. The van der Waals surface area contributed by atoms with Gasteiger partial charge in [0.2, 0.25) is 0 Å². The molecule has 0 aromatic heterocycles. The van der Waals surface area contributed by atoms with Gasteiger partial charge in [0, 0.05) is 37.8 Å². The van der Waals surface area contributed by atoms with Crippen LogP contribution in [0.15, 0.2) is 36.4 Å². The first kappa shape index (κ1) is 11.9. The van der Waals surface area contributed by atoms with Gasteiger partial charge in [-0.1, -0.05) is 30.3 Å². The number of anilines is 1. The van der Waals surface area contributed by atoms with Gasteiger partial charge >= 0.3 is 0 Å². The molecule has 90 valence electrons. The summed E-state index contributed by atoms with van der Waals surface area (Å²) < 4.78 is 0. The van der Waals surface area contributed by atoms with Gasteiger partial charge in [-0.15, -0.1) is 0 Å². The summed E-state index contributed by atoms with van der Waals surface area (Å²) in [6.07, 6.45) is 0. The summed E-state index contributed by atoms with van der Waals surface area (Å²) in [5, 5.41) is 2.41. The van der Waals surface area contributed by atoms with Crippen molar-refractivity contribution >= 4 is 16.5 Å². The van der Waals surface area contributed by atoms with Gasteiger partial charge in [-0.05, 0) is 17.0 Å². The van der Waals surface area contributed by atoms with E-state index in [0.717, 1.165) is 5.56 Å². The quantitative estimate of drug-likeness (QED) is 0.844. The van der Waals surface area contributed by atoms with Crippen LogP contribution >= 0.6 is 0 Å². The molecule has 0 aliphatic rings. The molecule has 2 aromatic carbocycles. The summed E-state index contributed by atoms with van der Waals surface area (Å²) in [5.41, 5.74) is 14.0. The third kappa shape index (κ3) is 2.12. The predicted octanol–water partition coefficient (Wildman–Crippen LogP) is 1.86. The molecule has 0 saturated carbocycles. The third-order valence-corrected chi connectivity index (χ3v) is 3.07. The zero-order chi connectivity index (χ0) is 12.4. The molecule has 4 N–H and O–H groups in total. The second-order valence-electron chi connectivity index (χ2n) is 4.46. The molecular weight excluding hydrogens is 210 g/mol. The molecule has 0 unspecified atom stereocenters. The Hall–Kier alpha value is -1.58. The van der Waals surface area contributed by atoms with Crippen molar-refractivity contribution in [3.63, 3.8) is 0 Å². The number of fused-ring (bicyclic) bond motifs is 1. The zero-order valence-corrected chi connectivity index (χ0v) is 10.4. The molecule has 0 radical (unpaired) electrons. The molecule has 0 aliphatic heterocycles. The summed E-state index contributed by atoms with van der Waals surface area (Å²) >= 11 is 0. The predicted molar refractivity (Wildman–Crippen MR) is 74.3 cm³/mol. The molecule has 0 amide bonds. The van der Waals surface area contributed by atoms with Gasteiger partial charge in [-0.2, -0.15) is 0 Å². The van der Waals surface area contributed by atoms with Crippen LogP contribution in [0.25, 0.3) is 10.8 Å². The third-order valence-electron chi connectivity index (χ3n) is 3.07. The summed E-state index contributed by atoms with van der Waals surface area (Å²) in [4.78, 5) is 2.11. The van der Waals surface area contributed by atoms with Crippen molar-refractivity contribution in [3.8, 4) is 0 Å². The fourth-order valence-electron chi connectivity index (χ4n) is 2.15. The van der Waals surface area contributed by atoms with E-state index in [2.05, 4.69) is 29.2 Å². The molecule has 0 bridgehead atoms. The Morgan fingerprint density at radius 1 is 1.06 bits per heavy atom. The van der Waals surface area contributed by atoms with E-state index in [1.54, 1.807) is 0 Å². The monoisotopic (exact) mass is 229 g/mol. The van der Waals surface area contributed by atoms with E-state index in [0.29, 0.717) is 6.54 Å². The molecule has 1 atom stereocenters. The molecule has 2 aromatic rings. The molecule has 0 heterocycles. The maximum Gasteiger partial charge on any atom is 0.0440 e. The van der Waals surface area contributed by atoms with Gasteiger partial charge in [-0.3, -0.25) is 0 Å². The Bertz CT molecular complexity index is 520. The summed E-state index contributed by atoms with van der Waals surface area (Å²) in [7, 11) is 4.09. The van der Waals surface area contributed by atoms with Crippen molar-refractivity contribution in [3.05, 3.63) is 42.0 Å². The van der Waals surface area contributed by atoms with E-state index in [-0.39, 0.29) is 6.04 Å². The molecule has 17 heavy (non-hydrogen) atoms. The summed E-state index contributed by atoms with van der Waals surface area (Å²) in [6, 6.07) is 12.4. The number of benzene rings is 2. The van der Waals surface area contributed by atoms with Crippen LogP contribution in [-0.2, 0) is 0 Å². The van der Waals surface area contributed by atoms with E-state index in [1.165, 1.54) is 16.5 Å². The maximum absolute atomic E-state index is 6.05. The van der Waals surface area contributed by atoms with Gasteiger partial charge in [0.05, 0.1) is 0 Å². The molecule has 0 saturated heterocycles. The van der Waals surface area contributed by atoms with Gasteiger partial charge in [-0.25, -0.2) is 0 Å². The number of hydrogen-bond donors (Lipinski definition) is 2. The van der Waals surface area contributed by atoms with Crippen molar-refractivity contribution < 1.29 is 0 Å². The minimum absolute atomic E-state index is 0.101. The summed E-state index contributed by atoms with van der Waals surface area (Å²) in [5.74, 6) is 0. The van der Waals surface area contributed by atoms with Crippen LogP contribution in [0.4, 0.5) is 5.69 Å². The van der Waals surface area contributed by atoms with Crippen molar-refractivity contribution in [2.75, 3.05) is 25.5 Å². The maximum atomic E-state index is 6.05. The smallest absolute Gasteiger partial charge is 0.0440 e. The first-order valence-electron chi connectivity index (χ1n) is 5.79. The minimum atomic E-state index is -0.101. The highest BCUT2D eigenvalue weighted by Crippen LogP contribution is 2.30. The fourth-order valence-corrected chi connectivity index (χ4v) is 2.15. The Morgan fingerprint density at radius 2 is 1.71 bits per heavy atom. The number of nitrogens with two attached hydrogens (primary N) is 2. The highest BCUT2D eigenvalue weighted by Gasteiger charge is 2.11. The lowest BCUT2D eigenvalue weighted by Crippen LogP contribution is -2.21. The van der Waals surface area contributed by atoms with Crippen LogP contribution in [-0.4, -0.2) is 20.6 Å². The molecule has 3 heteroatoms. The SMILES string of the molecule is CN(C)c1ccc([C@H](N)CN)c2ccccc12. The van der Waals surface area contributed by atoms with E-state index in [9.17, 15) is 0 Å². The van der Waals surface area contributed by atoms with Crippen LogP contribution in [0.3, 0.4) is 0 Å². The molecule has 2 rings (SSSR count). The van der Waals surface area contributed by atoms with Crippen LogP contribution < -0.4 is 16.4 Å². The molecular formula is C14H19N3. The van der Waals surface area contributed by atoms with Gasteiger partial charge in [0.1, 0.15) is 0 Å². The van der Waals surface area contributed by atoms with Crippen molar-refractivity contribution in [2.24, 2.45) is 11.5 Å². The Labute approximate surface area is 102 Å². The average Bonchev–Trinajstić information content (AvgIpc) is 2.36. The number of rotatable bonds is 3. The zero-order valence-electron chi connectivity index (χ0n) is 10.4. The number of hydrogen-bond acceptors (Lipinski definition) is 3. The lowest BCUT2D eigenvalue weighted by atomic mass is 9.97. The van der Waals surface area contributed by atoms with Crippen molar-refractivity contribution in [1.82, 2.24) is 0 Å². The van der Waals surface area contributed by atoms with Crippen LogP contribution in [0.1, 0.15) is 11.6 Å². The molecule has 0 aliphatic carbocycles.